The molecule has 27 heavy (non-hydrogen) atoms. The van der Waals surface area contributed by atoms with Crippen LogP contribution in [0.1, 0.15) is 50.9 Å². The first-order valence-corrected chi connectivity index (χ1v) is 10.9. The second kappa shape index (κ2) is 8.84. The third kappa shape index (κ3) is 5.29. The Kier molecular flexibility index (Phi) is 7.00. The summed E-state index contributed by atoms with van der Waals surface area (Å²) in [6, 6.07) is 5.47. The summed E-state index contributed by atoms with van der Waals surface area (Å²) in [7, 11) is -3.65. The number of carbonyl (C=O) groups excluding carboxylic acids is 2. The number of nitrogens with zero attached hydrogens (tertiary/aromatic N) is 1. The normalized spacial score (nSPS) is 15.6. The third-order valence-corrected chi connectivity index (χ3v) is 6.64. The number of hydrogen-bond donors (Lipinski definition) is 2. The van der Waals surface area contributed by atoms with E-state index in [1.54, 1.807) is 26.0 Å². The Morgan fingerprint density at radius 1 is 1.19 bits per heavy atom. The highest BCUT2D eigenvalue weighted by atomic mass is 32.2. The summed E-state index contributed by atoms with van der Waals surface area (Å²) in [6.07, 6.45) is 1.94. The van der Waals surface area contributed by atoms with E-state index in [4.69, 9.17) is 0 Å². The molecule has 0 saturated heterocycles. The summed E-state index contributed by atoms with van der Waals surface area (Å²) in [4.78, 5) is 25.1. The summed E-state index contributed by atoms with van der Waals surface area (Å²) in [5.74, 6) is -0.751. The fraction of sp³-hybridized carbons (Fsp3) is 0.579. The molecule has 0 heterocycles. The average molecular weight is 396 g/mol. The van der Waals surface area contributed by atoms with Crippen molar-refractivity contribution in [1.82, 2.24) is 14.9 Å². The number of carbonyl (C=O) groups is 2. The van der Waals surface area contributed by atoms with Crippen molar-refractivity contribution in [3.63, 3.8) is 0 Å². The van der Waals surface area contributed by atoms with Crippen LogP contribution in [0, 0.1) is 5.92 Å². The maximum Gasteiger partial charge on any atom is 0.251 e. The van der Waals surface area contributed by atoms with Crippen molar-refractivity contribution in [2.45, 2.75) is 57.5 Å². The van der Waals surface area contributed by atoms with Gasteiger partial charge in [-0.3, -0.25) is 9.59 Å². The van der Waals surface area contributed by atoms with E-state index in [2.05, 4.69) is 10.6 Å². The molecule has 1 saturated carbocycles. The van der Waals surface area contributed by atoms with Gasteiger partial charge in [-0.2, -0.15) is 4.31 Å². The van der Waals surface area contributed by atoms with E-state index in [9.17, 15) is 18.0 Å². The van der Waals surface area contributed by atoms with Crippen LogP contribution in [-0.2, 0) is 14.8 Å². The predicted molar refractivity (Wildman–Crippen MR) is 104 cm³/mol. The van der Waals surface area contributed by atoms with Crippen LogP contribution in [0.2, 0.25) is 0 Å². The summed E-state index contributed by atoms with van der Waals surface area (Å²) < 4.78 is 26.7. The van der Waals surface area contributed by atoms with E-state index in [-0.39, 0.29) is 28.3 Å². The van der Waals surface area contributed by atoms with Gasteiger partial charge in [0.25, 0.3) is 5.91 Å². The van der Waals surface area contributed by atoms with E-state index in [1.165, 1.54) is 16.4 Å². The minimum absolute atomic E-state index is 0.0716. The van der Waals surface area contributed by atoms with Gasteiger partial charge in [-0.1, -0.05) is 33.8 Å². The van der Waals surface area contributed by atoms with Crippen molar-refractivity contribution >= 4 is 21.8 Å². The number of hydrogen-bond acceptors (Lipinski definition) is 4. The Bertz CT molecular complexity index is 784. The lowest BCUT2D eigenvalue weighted by molar-refractivity contribution is -0.124. The van der Waals surface area contributed by atoms with Crippen LogP contribution in [0.25, 0.3) is 0 Å². The number of nitrogens with one attached hydrogen (secondary N) is 2. The lowest BCUT2D eigenvalue weighted by Crippen LogP contribution is -2.50. The number of benzene rings is 1. The van der Waals surface area contributed by atoms with Gasteiger partial charge in [0.2, 0.25) is 15.9 Å². The lowest BCUT2D eigenvalue weighted by Gasteiger charge is -2.22. The second-order valence-corrected chi connectivity index (χ2v) is 9.03. The van der Waals surface area contributed by atoms with Crippen LogP contribution in [0.5, 0.6) is 0 Å². The third-order valence-electron chi connectivity index (χ3n) is 4.60. The Balaban J connectivity index is 2.19. The molecule has 1 aromatic rings. The summed E-state index contributed by atoms with van der Waals surface area (Å²) >= 11 is 0. The molecule has 0 aliphatic heterocycles. The largest absolute Gasteiger partial charge is 0.352 e. The van der Waals surface area contributed by atoms with E-state index in [0.29, 0.717) is 13.1 Å². The van der Waals surface area contributed by atoms with Crippen molar-refractivity contribution in [2.75, 3.05) is 13.1 Å². The molecular weight excluding hydrogens is 366 g/mol. The average Bonchev–Trinajstić information content (AvgIpc) is 3.43. The van der Waals surface area contributed by atoms with Crippen LogP contribution < -0.4 is 10.6 Å². The lowest BCUT2D eigenvalue weighted by atomic mass is 10.0. The number of amides is 2. The topological polar surface area (TPSA) is 95.6 Å². The van der Waals surface area contributed by atoms with Gasteiger partial charge < -0.3 is 10.6 Å². The molecule has 2 N–H and O–H groups in total. The Labute approximate surface area is 161 Å². The van der Waals surface area contributed by atoms with Crippen molar-refractivity contribution in [2.24, 2.45) is 5.92 Å². The molecule has 0 aromatic heterocycles. The van der Waals surface area contributed by atoms with Gasteiger partial charge in [0.1, 0.15) is 6.04 Å². The van der Waals surface area contributed by atoms with Gasteiger partial charge in [0.15, 0.2) is 0 Å². The molecule has 1 atom stereocenters. The summed E-state index contributed by atoms with van der Waals surface area (Å²) in [5, 5.41) is 5.64. The standard InChI is InChI=1S/C19H29N3O4S/c1-5-22(6-2)27(25,26)16-9-7-8-14(12-16)18(23)21-17(13(3)4)19(24)20-15-10-11-15/h7-9,12-13,15,17H,5-6,10-11H2,1-4H3,(H,20,24)(H,21,23)/t17-/m0/s1. The monoisotopic (exact) mass is 395 g/mol. The molecule has 1 aromatic carbocycles. The van der Waals surface area contributed by atoms with Crippen LogP contribution in [0.4, 0.5) is 0 Å². The zero-order valence-electron chi connectivity index (χ0n) is 16.4. The van der Waals surface area contributed by atoms with E-state index in [1.807, 2.05) is 13.8 Å². The highest BCUT2D eigenvalue weighted by Crippen LogP contribution is 2.20. The SMILES string of the molecule is CCN(CC)S(=O)(=O)c1cccc(C(=O)N[C@H](C(=O)NC2CC2)C(C)C)c1. The molecule has 1 fully saturated rings. The first kappa shape index (κ1) is 21.4. The van der Waals surface area contributed by atoms with Crippen molar-refractivity contribution in [1.29, 1.82) is 0 Å². The Morgan fingerprint density at radius 2 is 1.81 bits per heavy atom. The molecule has 0 radical (unpaired) electrons. The maximum atomic E-state index is 12.7. The van der Waals surface area contributed by atoms with Gasteiger partial charge in [-0.15, -0.1) is 0 Å². The molecule has 0 spiro atoms. The molecule has 2 rings (SSSR count). The van der Waals surface area contributed by atoms with Gasteiger partial charge >= 0.3 is 0 Å². The molecule has 7 nitrogen and oxygen atoms in total. The maximum absolute atomic E-state index is 12.7. The molecule has 0 bridgehead atoms. The van der Waals surface area contributed by atoms with E-state index >= 15 is 0 Å². The molecule has 1 aliphatic rings. The molecule has 2 amide bonds. The predicted octanol–water partition coefficient (Wildman–Crippen LogP) is 1.75. The van der Waals surface area contributed by atoms with Crippen LogP contribution in [0.15, 0.2) is 29.2 Å². The summed E-state index contributed by atoms with van der Waals surface area (Å²) in [6.45, 7) is 7.96. The first-order chi connectivity index (χ1) is 12.7. The first-order valence-electron chi connectivity index (χ1n) is 9.42. The fourth-order valence-corrected chi connectivity index (χ4v) is 4.29. The van der Waals surface area contributed by atoms with Gasteiger partial charge in [0, 0.05) is 24.7 Å². The molecular formula is C19H29N3O4S. The minimum Gasteiger partial charge on any atom is -0.352 e. The van der Waals surface area contributed by atoms with E-state index in [0.717, 1.165) is 12.8 Å². The second-order valence-electron chi connectivity index (χ2n) is 7.10. The van der Waals surface area contributed by atoms with Crippen LogP contribution in [-0.4, -0.2) is 49.7 Å². The zero-order valence-corrected chi connectivity index (χ0v) is 17.2. The van der Waals surface area contributed by atoms with Crippen molar-refractivity contribution < 1.29 is 18.0 Å². The molecule has 1 aliphatic carbocycles. The molecule has 0 unspecified atom stereocenters. The van der Waals surface area contributed by atoms with Gasteiger partial charge in [-0.05, 0) is 37.0 Å². The van der Waals surface area contributed by atoms with Crippen LogP contribution >= 0.6 is 0 Å². The van der Waals surface area contributed by atoms with Crippen LogP contribution in [0.3, 0.4) is 0 Å². The van der Waals surface area contributed by atoms with Crippen molar-refractivity contribution in [3.8, 4) is 0 Å². The molecule has 8 heteroatoms. The van der Waals surface area contributed by atoms with Gasteiger partial charge in [0.05, 0.1) is 4.90 Å². The summed E-state index contributed by atoms with van der Waals surface area (Å²) in [5.41, 5.74) is 0.216. The smallest absolute Gasteiger partial charge is 0.251 e. The Morgan fingerprint density at radius 3 is 2.33 bits per heavy atom. The minimum atomic E-state index is -3.65. The van der Waals surface area contributed by atoms with Crippen molar-refractivity contribution in [3.05, 3.63) is 29.8 Å². The number of rotatable bonds is 9. The number of sulfonamides is 1. The quantitative estimate of drug-likeness (QED) is 0.666. The molecule has 150 valence electrons. The Hall–Kier alpha value is -1.93. The van der Waals surface area contributed by atoms with Gasteiger partial charge in [-0.25, -0.2) is 8.42 Å². The fourth-order valence-electron chi connectivity index (χ4n) is 2.79. The van der Waals surface area contributed by atoms with E-state index < -0.39 is 22.0 Å². The highest BCUT2D eigenvalue weighted by Gasteiger charge is 2.30. The highest BCUT2D eigenvalue weighted by molar-refractivity contribution is 7.89. The zero-order chi connectivity index (χ0) is 20.2.